The molecule has 2 aromatic rings. The lowest BCUT2D eigenvalue weighted by atomic mass is 10.0. The van der Waals surface area contributed by atoms with Crippen LogP contribution in [0.1, 0.15) is 61.8 Å². The molecule has 4 rings (SSSR count). The number of carbonyl (C=O) groups is 5. The van der Waals surface area contributed by atoms with Crippen LogP contribution in [-0.2, 0) is 32.0 Å². The zero-order valence-electron chi connectivity index (χ0n) is 25.2. The minimum Gasteiger partial charge on any atom is -0.484 e. The molecule has 43 heavy (non-hydrogen) atoms. The van der Waals surface area contributed by atoms with Gasteiger partial charge in [0.05, 0.1) is 0 Å². The molecular formula is C30H42N6O7. The van der Waals surface area contributed by atoms with E-state index >= 15 is 0 Å². The Balaban J connectivity index is 1.76. The van der Waals surface area contributed by atoms with Gasteiger partial charge in [-0.3, -0.25) is 24.0 Å². The maximum Gasteiger partial charge on any atom is 0.274 e. The van der Waals surface area contributed by atoms with E-state index in [9.17, 15) is 24.0 Å². The summed E-state index contributed by atoms with van der Waals surface area (Å²) in [6, 6.07) is 5.20. The van der Waals surface area contributed by atoms with E-state index in [4.69, 9.17) is 9.15 Å². The Hall–Kier alpha value is -4.42. The summed E-state index contributed by atoms with van der Waals surface area (Å²) < 4.78 is 10.8. The standard InChI is InChI=1S/C30H42N6O7/c1-5-24-27(33-18-43-24)29(40)35-22-16-20-8-10-21(11-9-20)42-17-26(38)31-13-14-36(4)30(41)23(15-19(2)3)34-25(37)7-6-12-32-28(22)39/h8-11,18-19,22-23H,5-7,12-17H2,1-4H3,(H,31,38)(H,32,39)(H,34,37)(H,35,40)/t22-,23-/m0/s1. The fourth-order valence-corrected chi connectivity index (χ4v) is 4.58. The number of amides is 5. The number of aryl methyl sites for hydroxylation is 1. The topological polar surface area (TPSA) is 172 Å². The van der Waals surface area contributed by atoms with Crippen LogP contribution >= 0.6 is 0 Å². The number of aromatic nitrogens is 1. The molecule has 2 atom stereocenters. The van der Waals surface area contributed by atoms with Gasteiger partial charge in [0, 0.05) is 45.9 Å². The first-order valence-corrected chi connectivity index (χ1v) is 14.6. The number of benzene rings is 1. The van der Waals surface area contributed by atoms with Crippen LogP contribution in [0.25, 0.3) is 0 Å². The van der Waals surface area contributed by atoms with Gasteiger partial charge in [0.2, 0.25) is 17.7 Å². The summed E-state index contributed by atoms with van der Waals surface area (Å²) in [6.07, 6.45) is 2.70. The van der Waals surface area contributed by atoms with Gasteiger partial charge in [-0.2, -0.15) is 0 Å². The van der Waals surface area contributed by atoms with Crippen LogP contribution in [0.5, 0.6) is 5.75 Å². The van der Waals surface area contributed by atoms with Gasteiger partial charge in [-0.05, 0) is 36.5 Å². The molecule has 5 amide bonds. The van der Waals surface area contributed by atoms with Crippen LogP contribution in [0.3, 0.4) is 0 Å². The van der Waals surface area contributed by atoms with E-state index in [0.29, 0.717) is 30.8 Å². The third-order valence-electron chi connectivity index (χ3n) is 6.90. The molecule has 2 bridgehead atoms. The second kappa shape index (κ2) is 16.3. The van der Waals surface area contributed by atoms with Crippen LogP contribution in [-0.4, -0.2) is 84.8 Å². The Labute approximate surface area is 251 Å². The van der Waals surface area contributed by atoms with Crippen molar-refractivity contribution in [3.8, 4) is 5.75 Å². The second-order valence-corrected chi connectivity index (χ2v) is 10.9. The number of rotatable bonds is 5. The van der Waals surface area contributed by atoms with Gasteiger partial charge in [0.25, 0.3) is 11.8 Å². The van der Waals surface area contributed by atoms with E-state index in [1.54, 1.807) is 31.3 Å². The van der Waals surface area contributed by atoms with Gasteiger partial charge < -0.3 is 35.3 Å². The average Bonchev–Trinajstić information content (AvgIpc) is 3.46. The molecule has 1 aromatic heterocycles. The quantitative estimate of drug-likeness (QED) is 0.369. The van der Waals surface area contributed by atoms with Crippen molar-refractivity contribution < 1.29 is 33.1 Å². The SMILES string of the molecule is CCc1ocnc1C(=O)N[C@H]1Cc2ccc(cc2)OCC(=O)NCCN(C)C(=O)[C@H](CC(C)C)NC(=O)CCCNC1=O. The Morgan fingerprint density at radius 1 is 1.09 bits per heavy atom. The first-order valence-electron chi connectivity index (χ1n) is 14.6. The summed E-state index contributed by atoms with van der Waals surface area (Å²) in [5, 5.41) is 11.1. The fraction of sp³-hybridized carbons (Fsp3) is 0.533. The molecule has 13 heteroatoms. The molecule has 1 aromatic carbocycles. The normalized spacial score (nSPS) is 19.9. The van der Waals surface area contributed by atoms with Gasteiger partial charge >= 0.3 is 0 Å². The predicted octanol–water partition coefficient (Wildman–Crippen LogP) is 0.972. The number of hydrogen-bond acceptors (Lipinski definition) is 8. The predicted molar refractivity (Wildman–Crippen MR) is 157 cm³/mol. The van der Waals surface area contributed by atoms with Crippen molar-refractivity contribution in [3.05, 3.63) is 47.7 Å². The number of ether oxygens (including phenoxy) is 1. The monoisotopic (exact) mass is 598 g/mol. The van der Waals surface area contributed by atoms with Crippen molar-refractivity contribution in [1.82, 2.24) is 31.2 Å². The van der Waals surface area contributed by atoms with Gasteiger partial charge in [-0.15, -0.1) is 0 Å². The summed E-state index contributed by atoms with van der Waals surface area (Å²) in [7, 11) is 1.63. The molecular weight excluding hydrogens is 556 g/mol. The van der Waals surface area contributed by atoms with E-state index in [1.807, 2.05) is 20.8 Å². The summed E-state index contributed by atoms with van der Waals surface area (Å²) in [6.45, 7) is 6.22. The van der Waals surface area contributed by atoms with E-state index in [0.717, 1.165) is 5.56 Å². The third kappa shape index (κ3) is 10.4. The summed E-state index contributed by atoms with van der Waals surface area (Å²) in [5.41, 5.74) is 0.863. The lowest BCUT2D eigenvalue weighted by Crippen LogP contribution is -2.50. The second-order valence-electron chi connectivity index (χ2n) is 10.9. The van der Waals surface area contributed by atoms with Crippen molar-refractivity contribution >= 4 is 29.5 Å². The maximum atomic E-state index is 13.2. The smallest absolute Gasteiger partial charge is 0.274 e. The average molecular weight is 599 g/mol. The van der Waals surface area contributed by atoms with E-state index in [-0.39, 0.29) is 68.4 Å². The molecule has 2 aliphatic heterocycles. The number of likely N-dealkylation sites (N-methyl/N-ethyl adjacent to an activating group) is 1. The van der Waals surface area contributed by atoms with Gasteiger partial charge in [-0.1, -0.05) is 32.9 Å². The molecule has 2 aliphatic rings. The van der Waals surface area contributed by atoms with Crippen molar-refractivity contribution in [3.63, 3.8) is 0 Å². The first-order chi connectivity index (χ1) is 20.6. The van der Waals surface area contributed by atoms with Crippen molar-refractivity contribution in [1.29, 1.82) is 0 Å². The minimum atomic E-state index is -0.943. The summed E-state index contributed by atoms with van der Waals surface area (Å²) in [4.78, 5) is 69.8. The van der Waals surface area contributed by atoms with Crippen LogP contribution in [0.15, 0.2) is 35.1 Å². The van der Waals surface area contributed by atoms with E-state index in [1.165, 1.54) is 11.3 Å². The zero-order valence-corrected chi connectivity index (χ0v) is 25.2. The highest BCUT2D eigenvalue weighted by atomic mass is 16.5. The van der Waals surface area contributed by atoms with Crippen molar-refractivity contribution in [2.45, 2.75) is 65.0 Å². The minimum absolute atomic E-state index is 0.0964. The Morgan fingerprint density at radius 2 is 1.84 bits per heavy atom. The van der Waals surface area contributed by atoms with Crippen molar-refractivity contribution in [2.24, 2.45) is 5.92 Å². The molecule has 4 N–H and O–H groups in total. The molecule has 0 saturated heterocycles. The van der Waals surface area contributed by atoms with Crippen LogP contribution in [0, 0.1) is 5.92 Å². The Kier molecular flexibility index (Phi) is 12.5. The number of carbonyl (C=O) groups excluding carboxylic acids is 5. The molecule has 0 radical (unpaired) electrons. The third-order valence-corrected chi connectivity index (χ3v) is 6.90. The van der Waals surface area contributed by atoms with Gasteiger partial charge in [0.1, 0.15) is 23.6 Å². The lowest BCUT2D eigenvalue weighted by Gasteiger charge is -2.26. The maximum absolute atomic E-state index is 13.2. The summed E-state index contributed by atoms with van der Waals surface area (Å²) >= 11 is 0. The molecule has 234 valence electrons. The Bertz CT molecular complexity index is 1260. The molecule has 0 saturated carbocycles. The Morgan fingerprint density at radius 3 is 2.53 bits per heavy atom. The number of nitrogens with one attached hydrogen (secondary N) is 4. The number of oxazole rings is 1. The highest BCUT2D eigenvalue weighted by Crippen LogP contribution is 2.15. The number of fused-ring (bicyclic) bond motifs is 19. The van der Waals surface area contributed by atoms with Crippen LogP contribution in [0.2, 0.25) is 0 Å². The molecule has 0 spiro atoms. The fourth-order valence-electron chi connectivity index (χ4n) is 4.58. The molecule has 3 heterocycles. The number of hydrogen-bond donors (Lipinski definition) is 4. The van der Waals surface area contributed by atoms with Crippen LogP contribution in [0.4, 0.5) is 0 Å². The number of nitrogens with zero attached hydrogens (tertiary/aromatic N) is 2. The molecule has 0 fully saturated rings. The molecule has 0 unspecified atom stereocenters. The zero-order chi connectivity index (χ0) is 31.4. The van der Waals surface area contributed by atoms with Crippen molar-refractivity contribution in [2.75, 3.05) is 33.3 Å². The molecule has 13 nitrogen and oxygen atoms in total. The lowest BCUT2D eigenvalue weighted by molar-refractivity contribution is -0.136. The summed E-state index contributed by atoms with van der Waals surface area (Å²) in [5.74, 6) is -0.847. The van der Waals surface area contributed by atoms with E-state index in [2.05, 4.69) is 26.3 Å². The van der Waals surface area contributed by atoms with Crippen LogP contribution < -0.4 is 26.0 Å². The largest absolute Gasteiger partial charge is 0.484 e. The highest BCUT2D eigenvalue weighted by molar-refractivity contribution is 5.97. The van der Waals surface area contributed by atoms with E-state index < -0.39 is 23.9 Å². The molecule has 0 aliphatic carbocycles. The highest BCUT2D eigenvalue weighted by Gasteiger charge is 2.26. The van der Waals surface area contributed by atoms with Gasteiger partial charge in [0.15, 0.2) is 18.7 Å². The first kappa shape index (κ1) is 33.1. The van der Waals surface area contributed by atoms with Gasteiger partial charge in [-0.25, -0.2) is 4.98 Å².